The van der Waals surface area contributed by atoms with Crippen LogP contribution in [-0.2, 0) is 33.7 Å². The number of nitrogens with one attached hydrogen (secondary N) is 2. The topological polar surface area (TPSA) is 67.4 Å². The molecule has 0 aliphatic heterocycles. The van der Waals surface area contributed by atoms with Crippen LogP contribution in [0.25, 0.3) is 0 Å². The second-order valence-corrected chi connectivity index (χ2v) is 7.05. The first-order valence-corrected chi connectivity index (χ1v) is 9.18. The van der Waals surface area contributed by atoms with E-state index in [-0.39, 0.29) is 18.4 Å². The highest BCUT2D eigenvalue weighted by atomic mass is 16.5. The second kappa shape index (κ2) is 10.5. The van der Waals surface area contributed by atoms with Gasteiger partial charge in [-0.25, -0.2) is 0 Å². The maximum absolute atomic E-state index is 12.2. The molecule has 0 aromatic heterocycles. The standard InChI is InChI=1S/C22H28N2O3/c1-16(2)11-17-7-9-18(10-8-17)13-21(25)23-14-19-5-4-6-20(12-19)24-22(26)15-27-3/h4-10,12,16H,11,13-15H2,1-3H3,(H,23,25)(H,24,26). The Morgan fingerprint density at radius 1 is 0.963 bits per heavy atom. The fourth-order valence-electron chi connectivity index (χ4n) is 2.80. The Morgan fingerprint density at radius 2 is 1.67 bits per heavy atom. The van der Waals surface area contributed by atoms with Gasteiger partial charge in [-0.3, -0.25) is 9.59 Å². The van der Waals surface area contributed by atoms with Crippen molar-refractivity contribution in [1.29, 1.82) is 0 Å². The van der Waals surface area contributed by atoms with Gasteiger partial charge in [0.1, 0.15) is 6.61 Å². The highest BCUT2D eigenvalue weighted by Gasteiger charge is 2.06. The lowest BCUT2D eigenvalue weighted by molar-refractivity contribution is -0.121. The largest absolute Gasteiger partial charge is 0.375 e. The zero-order valence-corrected chi connectivity index (χ0v) is 16.2. The van der Waals surface area contributed by atoms with Crippen molar-refractivity contribution in [3.05, 3.63) is 65.2 Å². The number of rotatable bonds is 9. The molecule has 5 nitrogen and oxygen atoms in total. The molecular weight excluding hydrogens is 340 g/mol. The van der Waals surface area contributed by atoms with Crippen LogP contribution in [0.15, 0.2) is 48.5 Å². The van der Waals surface area contributed by atoms with Crippen LogP contribution in [0.1, 0.15) is 30.5 Å². The normalized spacial score (nSPS) is 10.7. The highest BCUT2D eigenvalue weighted by Crippen LogP contribution is 2.12. The van der Waals surface area contributed by atoms with Gasteiger partial charge >= 0.3 is 0 Å². The molecule has 0 unspecified atom stereocenters. The number of methoxy groups -OCH3 is 1. The first-order valence-electron chi connectivity index (χ1n) is 9.18. The summed E-state index contributed by atoms with van der Waals surface area (Å²) in [4.78, 5) is 23.8. The van der Waals surface area contributed by atoms with Crippen LogP contribution in [0.2, 0.25) is 0 Å². The molecule has 0 spiro atoms. The monoisotopic (exact) mass is 368 g/mol. The van der Waals surface area contributed by atoms with Gasteiger partial charge in [0, 0.05) is 19.3 Å². The first-order chi connectivity index (χ1) is 13.0. The third-order valence-electron chi connectivity index (χ3n) is 4.01. The van der Waals surface area contributed by atoms with Crippen molar-refractivity contribution in [2.75, 3.05) is 19.0 Å². The molecule has 0 atom stereocenters. The third kappa shape index (κ3) is 7.62. The molecular formula is C22H28N2O3. The van der Waals surface area contributed by atoms with Gasteiger partial charge in [-0.15, -0.1) is 0 Å². The van der Waals surface area contributed by atoms with Crippen LogP contribution in [0, 0.1) is 5.92 Å². The number of hydrogen-bond acceptors (Lipinski definition) is 3. The van der Waals surface area contributed by atoms with E-state index in [4.69, 9.17) is 4.74 Å². The third-order valence-corrected chi connectivity index (χ3v) is 4.01. The van der Waals surface area contributed by atoms with Gasteiger partial charge in [0.15, 0.2) is 0 Å². The Hall–Kier alpha value is -2.66. The number of benzene rings is 2. The van der Waals surface area contributed by atoms with Crippen molar-refractivity contribution in [1.82, 2.24) is 5.32 Å². The van der Waals surface area contributed by atoms with Crippen LogP contribution in [-0.4, -0.2) is 25.5 Å². The van der Waals surface area contributed by atoms with Gasteiger partial charge in [-0.05, 0) is 41.2 Å². The molecule has 0 fully saturated rings. The van der Waals surface area contributed by atoms with Gasteiger partial charge in [-0.2, -0.15) is 0 Å². The summed E-state index contributed by atoms with van der Waals surface area (Å²) in [5.74, 6) is 0.384. The summed E-state index contributed by atoms with van der Waals surface area (Å²) in [6.07, 6.45) is 1.40. The number of hydrogen-bond donors (Lipinski definition) is 2. The van der Waals surface area contributed by atoms with Crippen molar-refractivity contribution in [2.45, 2.75) is 33.2 Å². The quantitative estimate of drug-likeness (QED) is 0.713. The molecule has 27 heavy (non-hydrogen) atoms. The predicted octanol–water partition coefficient (Wildman–Crippen LogP) is 3.33. The maximum atomic E-state index is 12.2. The van der Waals surface area contributed by atoms with E-state index in [1.165, 1.54) is 12.7 Å². The minimum Gasteiger partial charge on any atom is -0.375 e. The molecule has 0 aliphatic carbocycles. The molecule has 5 heteroatoms. The van der Waals surface area contributed by atoms with E-state index in [1.54, 1.807) is 6.07 Å². The van der Waals surface area contributed by atoms with Crippen LogP contribution < -0.4 is 10.6 Å². The van der Waals surface area contributed by atoms with E-state index in [0.29, 0.717) is 24.6 Å². The number of carbonyl (C=O) groups excluding carboxylic acids is 2. The van der Waals surface area contributed by atoms with Gasteiger partial charge < -0.3 is 15.4 Å². The number of ether oxygens (including phenoxy) is 1. The van der Waals surface area contributed by atoms with Crippen molar-refractivity contribution in [3.8, 4) is 0 Å². The van der Waals surface area contributed by atoms with E-state index in [1.807, 2.05) is 30.3 Å². The molecule has 2 aromatic carbocycles. The summed E-state index contributed by atoms with van der Waals surface area (Å²) >= 11 is 0. The molecule has 0 bridgehead atoms. The summed E-state index contributed by atoms with van der Waals surface area (Å²) in [5, 5.41) is 5.68. The Balaban J connectivity index is 1.83. The number of anilines is 1. The maximum Gasteiger partial charge on any atom is 0.250 e. The van der Waals surface area contributed by atoms with E-state index >= 15 is 0 Å². The molecule has 0 heterocycles. The van der Waals surface area contributed by atoms with Crippen molar-refractivity contribution < 1.29 is 14.3 Å². The molecule has 0 saturated carbocycles. The second-order valence-electron chi connectivity index (χ2n) is 7.05. The minimum absolute atomic E-state index is 0.0108. The summed E-state index contributed by atoms with van der Waals surface area (Å²) in [5.41, 5.74) is 3.90. The fourth-order valence-corrected chi connectivity index (χ4v) is 2.80. The fraction of sp³-hybridized carbons (Fsp3) is 0.364. The first kappa shape index (κ1) is 20.6. The summed E-state index contributed by atoms with van der Waals surface area (Å²) in [6, 6.07) is 15.6. The van der Waals surface area contributed by atoms with Crippen LogP contribution >= 0.6 is 0 Å². The smallest absolute Gasteiger partial charge is 0.250 e. The Bertz CT molecular complexity index is 754. The van der Waals surface area contributed by atoms with Crippen molar-refractivity contribution in [2.24, 2.45) is 5.92 Å². The van der Waals surface area contributed by atoms with E-state index in [0.717, 1.165) is 17.5 Å². The average molecular weight is 368 g/mol. The molecule has 2 aromatic rings. The molecule has 2 N–H and O–H groups in total. The number of amides is 2. The van der Waals surface area contributed by atoms with Gasteiger partial charge in [0.05, 0.1) is 6.42 Å². The van der Waals surface area contributed by atoms with Crippen LogP contribution in [0.5, 0.6) is 0 Å². The lowest BCUT2D eigenvalue weighted by Gasteiger charge is -2.09. The Morgan fingerprint density at radius 3 is 2.33 bits per heavy atom. The predicted molar refractivity (Wildman–Crippen MR) is 107 cm³/mol. The number of carbonyl (C=O) groups is 2. The summed E-state index contributed by atoms with van der Waals surface area (Å²) < 4.78 is 4.80. The van der Waals surface area contributed by atoms with Gasteiger partial charge in [-0.1, -0.05) is 50.2 Å². The zero-order valence-electron chi connectivity index (χ0n) is 16.2. The SMILES string of the molecule is COCC(=O)Nc1cccc(CNC(=O)Cc2ccc(CC(C)C)cc2)c1. The van der Waals surface area contributed by atoms with Crippen LogP contribution in [0.4, 0.5) is 5.69 Å². The molecule has 0 aliphatic rings. The molecule has 144 valence electrons. The van der Waals surface area contributed by atoms with Crippen molar-refractivity contribution >= 4 is 17.5 Å². The molecule has 0 radical (unpaired) electrons. The van der Waals surface area contributed by atoms with Gasteiger partial charge in [0.25, 0.3) is 0 Å². The minimum atomic E-state index is -0.209. The molecule has 2 rings (SSSR count). The highest BCUT2D eigenvalue weighted by molar-refractivity contribution is 5.91. The Labute approximate surface area is 161 Å². The molecule has 2 amide bonds. The average Bonchev–Trinajstić information content (AvgIpc) is 2.62. The Kier molecular flexibility index (Phi) is 8.01. The van der Waals surface area contributed by atoms with E-state index in [9.17, 15) is 9.59 Å². The zero-order chi connectivity index (χ0) is 19.6. The summed E-state index contributed by atoms with van der Waals surface area (Å²) in [7, 11) is 1.48. The van der Waals surface area contributed by atoms with E-state index in [2.05, 4.69) is 36.6 Å². The summed E-state index contributed by atoms with van der Waals surface area (Å²) in [6.45, 7) is 4.81. The lowest BCUT2D eigenvalue weighted by Crippen LogP contribution is -2.24. The molecule has 0 saturated heterocycles. The van der Waals surface area contributed by atoms with Crippen LogP contribution in [0.3, 0.4) is 0 Å². The van der Waals surface area contributed by atoms with E-state index < -0.39 is 0 Å². The van der Waals surface area contributed by atoms with Crippen molar-refractivity contribution in [3.63, 3.8) is 0 Å². The van der Waals surface area contributed by atoms with Gasteiger partial charge in [0.2, 0.25) is 11.8 Å². The lowest BCUT2D eigenvalue weighted by atomic mass is 10.0.